The van der Waals surface area contributed by atoms with Crippen LogP contribution in [0.2, 0.25) is 0 Å². The highest BCUT2D eigenvalue weighted by atomic mass is 16.6. The highest BCUT2D eigenvalue weighted by molar-refractivity contribution is 5.83. The Morgan fingerprint density at radius 1 is 0.962 bits per heavy atom. The van der Waals surface area contributed by atoms with E-state index in [9.17, 15) is 40.2 Å². The number of hydrogen-bond donors (Lipinski definition) is 1. The van der Waals surface area contributed by atoms with Crippen molar-refractivity contribution in [3.63, 3.8) is 0 Å². The first kappa shape index (κ1) is 21.8. The predicted octanol–water partition coefficient (Wildman–Crippen LogP) is -0.141. The van der Waals surface area contributed by atoms with Crippen molar-refractivity contribution in [3.05, 3.63) is 72.6 Å². The molecule has 0 aliphatic rings. The van der Waals surface area contributed by atoms with Crippen molar-refractivity contribution >= 4 is 23.0 Å². The van der Waals surface area contributed by atoms with Crippen LogP contribution >= 0.6 is 0 Å². The molecule has 2 rings (SSSR count). The summed E-state index contributed by atoms with van der Waals surface area (Å²) in [5.74, 6) is -2.39. The molecule has 0 bridgehead atoms. The van der Waals surface area contributed by atoms with Crippen LogP contribution in [0.15, 0.2) is 36.5 Å². The summed E-state index contributed by atoms with van der Waals surface area (Å²) >= 11 is 0. The predicted molar refractivity (Wildman–Crippen MR) is 79.4 cm³/mol. The van der Waals surface area contributed by atoms with Gasteiger partial charge < -0.3 is 15.7 Å². The lowest BCUT2D eigenvalue weighted by Crippen LogP contribution is -2.14. The molecule has 0 unspecified atom stereocenters. The second-order valence-corrected chi connectivity index (χ2v) is 4.17. The van der Waals surface area contributed by atoms with Gasteiger partial charge in [-0.1, -0.05) is 0 Å². The molecular formula is C12H10N4O10. The SMILES string of the molecule is O.O=C(O)c1cccc[nH+]1.O=[N+]([O-])c1cc([N+](=O)[O-])c([O-])c([N+](=O)[O-])c1. The smallest absolute Gasteiger partial charge is 0.401 e. The van der Waals surface area contributed by atoms with E-state index in [-0.39, 0.29) is 11.2 Å². The fraction of sp³-hybridized carbons (Fsp3) is 0. The quantitative estimate of drug-likeness (QED) is 0.555. The minimum Gasteiger partial charge on any atom is -0.863 e. The normalized spacial score (nSPS) is 9.08. The number of H-pyrrole nitrogens is 1. The Bertz CT molecular complexity index is 804. The summed E-state index contributed by atoms with van der Waals surface area (Å²) in [4.78, 5) is 40.3. The molecule has 0 saturated heterocycles. The third-order valence-corrected chi connectivity index (χ3v) is 2.58. The standard InChI is InChI=1S/C6H3N3O7.C6H5NO2.H2O/c10-6-4(8(13)14)1-3(7(11)12)2-5(6)9(15)16;8-6(9)5-3-1-2-4-7-5;/h1-2,10H;1-4H,(H,8,9);1H2. The van der Waals surface area contributed by atoms with Crippen LogP contribution in [0.1, 0.15) is 10.5 Å². The number of hydrogen-bond acceptors (Lipinski definition) is 8. The molecule has 1 heterocycles. The maximum Gasteiger partial charge on any atom is 0.401 e. The van der Waals surface area contributed by atoms with E-state index < -0.39 is 43.6 Å². The minimum atomic E-state index is -1.46. The lowest BCUT2D eigenvalue weighted by atomic mass is 10.2. The molecule has 4 N–H and O–H groups in total. The van der Waals surface area contributed by atoms with E-state index in [1.54, 1.807) is 18.3 Å². The number of aromatic amines is 1. The largest absolute Gasteiger partial charge is 0.863 e. The van der Waals surface area contributed by atoms with Gasteiger partial charge in [-0.2, -0.15) is 0 Å². The molecule has 0 aliphatic carbocycles. The average Bonchev–Trinajstić information content (AvgIpc) is 2.55. The summed E-state index contributed by atoms with van der Waals surface area (Å²) in [6.45, 7) is 0. The first-order valence-electron chi connectivity index (χ1n) is 6.13. The molecule has 0 radical (unpaired) electrons. The number of rotatable bonds is 4. The molecule has 1 aromatic carbocycles. The Kier molecular flexibility index (Phi) is 7.70. The van der Waals surface area contributed by atoms with Crippen molar-refractivity contribution in [1.82, 2.24) is 0 Å². The number of nitro benzene ring substituents is 3. The summed E-state index contributed by atoms with van der Waals surface area (Å²) in [6, 6.07) is 5.67. The average molecular weight is 370 g/mol. The van der Waals surface area contributed by atoms with E-state index in [1.165, 1.54) is 6.07 Å². The van der Waals surface area contributed by atoms with Crippen LogP contribution in [0, 0.1) is 30.3 Å². The number of pyridine rings is 1. The number of benzene rings is 1. The number of carbonyl (C=O) groups is 1. The van der Waals surface area contributed by atoms with Crippen molar-refractivity contribution in [3.8, 4) is 5.75 Å². The molecule has 14 nitrogen and oxygen atoms in total. The third-order valence-electron chi connectivity index (χ3n) is 2.58. The topological polar surface area (TPSA) is 235 Å². The van der Waals surface area contributed by atoms with Gasteiger partial charge in [-0.25, -0.2) is 9.78 Å². The zero-order chi connectivity index (χ0) is 19.1. The first-order valence-corrected chi connectivity index (χ1v) is 6.13. The summed E-state index contributed by atoms with van der Waals surface area (Å²) < 4.78 is 0. The van der Waals surface area contributed by atoms with Gasteiger partial charge in [0.2, 0.25) is 0 Å². The van der Waals surface area contributed by atoms with Gasteiger partial charge in [-0.15, -0.1) is 0 Å². The van der Waals surface area contributed by atoms with Gasteiger partial charge in [-0.3, -0.25) is 30.3 Å². The maximum absolute atomic E-state index is 11.1. The van der Waals surface area contributed by atoms with Crippen molar-refractivity contribution < 1.29 is 40.2 Å². The Morgan fingerprint density at radius 2 is 1.46 bits per heavy atom. The molecule has 0 spiro atoms. The molecule has 26 heavy (non-hydrogen) atoms. The summed E-state index contributed by atoms with van der Waals surface area (Å²) in [5.41, 5.74) is -3.06. The Balaban J connectivity index is 0.000000532. The van der Waals surface area contributed by atoms with Gasteiger partial charge in [0.25, 0.3) is 22.8 Å². The Morgan fingerprint density at radius 3 is 1.73 bits per heavy atom. The lowest BCUT2D eigenvalue weighted by Gasteiger charge is -2.06. The maximum atomic E-state index is 11.1. The zero-order valence-corrected chi connectivity index (χ0v) is 12.5. The fourth-order valence-corrected chi connectivity index (χ4v) is 1.49. The number of nitrogens with one attached hydrogen (secondary N) is 1. The molecule has 1 aromatic heterocycles. The van der Waals surface area contributed by atoms with Gasteiger partial charge in [0.1, 0.15) is 0 Å². The summed E-state index contributed by atoms with van der Waals surface area (Å²) in [6.07, 6.45) is 1.57. The number of aromatic nitrogens is 1. The fourth-order valence-electron chi connectivity index (χ4n) is 1.49. The summed E-state index contributed by atoms with van der Waals surface area (Å²) in [5, 5.41) is 50.5. The minimum absolute atomic E-state index is 0. The van der Waals surface area contributed by atoms with Gasteiger partial charge in [-0.05, 0) is 6.07 Å². The van der Waals surface area contributed by atoms with Crippen LogP contribution in [0.3, 0.4) is 0 Å². The lowest BCUT2D eigenvalue weighted by molar-refractivity contribution is -0.420. The van der Waals surface area contributed by atoms with E-state index in [2.05, 4.69) is 4.98 Å². The van der Waals surface area contributed by atoms with Crippen molar-refractivity contribution in [1.29, 1.82) is 0 Å². The molecular weight excluding hydrogens is 360 g/mol. The number of non-ortho nitro benzene ring substituents is 1. The highest BCUT2D eigenvalue weighted by Gasteiger charge is 2.24. The van der Waals surface area contributed by atoms with E-state index in [0.29, 0.717) is 12.1 Å². The number of carboxylic acids is 1. The second-order valence-electron chi connectivity index (χ2n) is 4.17. The first-order chi connectivity index (χ1) is 11.6. The molecule has 0 amide bonds. The molecule has 0 aliphatic heterocycles. The second kappa shape index (κ2) is 9.18. The number of nitro groups is 3. The highest BCUT2D eigenvalue weighted by Crippen LogP contribution is 2.36. The van der Waals surface area contributed by atoms with Gasteiger partial charge in [0.05, 0.1) is 32.7 Å². The van der Waals surface area contributed by atoms with Gasteiger partial charge in [0, 0.05) is 12.1 Å². The van der Waals surface area contributed by atoms with Crippen LogP contribution in [-0.2, 0) is 0 Å². The molecule has 0 fully saturated rings. The van der Waals surface area contributed by atoms with Crippen molar-refractivity contribution in [2.45, 2.75) is 0 Å². The zero-order valence-electron chi connectivity index (χ0n) is 12.5. The summed E-state index contributed by atoms with van der Waals surface area (Å²) in [7, 11) is 0. The number of carboxylic acid groups (broad SMARTS) is 1. The van der Waals surface area contributed by atoms with E-state index >= 15 is 0 Å². The Labute approximate surface area is 142 Å². The van der Waals surface area contributed by atoms with Gasteiger partial charge in [0.15, 0.2) is 6.20 Å². The van der Waals surface area contributed by atoms with Crippen molar-refractivity contribution in [2.24, 2.45) is 0 Å². The van der Waals surface area contributed by atoms with Crippen LogP contribution in [0.5, 0.6) is 5.75 Å². The van der Waals surface area contributed by atoms with Crippen LogP contribution in [0.4, 0.5) is 17.1 Å². The Hall–Kier alpha value is -4.20. The molecule has 14 heteroatoms. The molecule has 2 aromatic rings. The molecule has 0 atom stereocenters. The van der Waals surface area contributed by atoms with Crippen molar-refractivity contribution in [2.75, 3.05) is 0 Å². The number of aromatic carboxylic acids is 1. The molecule has 138 valence electrons. The van der Waals surface area contributed by atoms with Gasteiger partial charge >= 0.3 is 5.97 Å². The van der Waals surface area contributed by atoms with Crippen LogP contribution in [0.25, 0.3) is 0 Å². The number of nitrogens with zero attached hydrogens (tertiary/aromatic N) is 3. The monoisotopic (exact) mass is 370 g/mol. The van der Waals surface area contributed by atoms with Crippen LogP contribution < -0.4 is 10.1 Å². The van der Waals surface area contributed by atoms with E-state index in [4.69, 9.17) is 5.11 Å². The van der Waals surface area contributed by atoms with E-state index in [0.717, 1.165) is 0 Å². The van der Waals surface area contributed by atoms with E-state index in [1.807, 2.05) is 0 Å². The third kappa shape index (κ3) is 5.46. The molecule has 0 saturated carbocycles. The van der Waals surface area contributed by atoms with Crippen LogP contribution in [-0.4, -0.2) is 31.3 Å².